The van der Waals surface area contributed by atoms with Gasteiger partial charge in [-0.3, -0.25) is 24.6 Å². The van der Waals surface area contributed by atoms with Gasteiger partial charge in [0.15, 0.2) is 17.4 Å². The highest BCUT2D eigenvalue weighted by molar-refractivity contribution is 6.05. The first-order valence-corrected chi connectivity index (χ1v) is 19.8. The van der Waals surface area contributed by atoms with Gasteiger partial charge in [0.25, 0.3) is 12.3 Å². The number of piperazine rings is 1. The van der Waals surface area contributed by atoms with Crippen molar-refractivity contribution in [2.45, 2.75) is 76.2 Å². The molecule has 15 nitrogen and oxygen atoms in total. The average Bonchev–Trinajstić information content (AvgIpc) is 3.77. The highest BCUT2D eigenvalue weighted by atomic mass is 19.3. The second kappa shape index (κ2) is 15.0. The van der Waals surface area contributed by atoms with Crippen LogP contribution in [0.1, 0.15) is 66.2 Å². The van der Waals surface area contributed by atoms with Crippen LogP contribution in [0.25, 0.3) is 11.3 Å². The molecule has 18 heteroatoms. The lowest BCUT2D eigenvalue weighted by molar-refractivity contribution is -0.136. The summed E-state index contributed by atoms with van der Waals surface area (Å²) in [6, 6.07) is 10.9. The molecule has 0 bridgehead atoms. The maximum Gasteiger partial charge on any atom is 0.316 e. The number of phenolic OH excluding ortho intramolecular Hbond substituents is 1. The van der Waals surface area contributed by atoms with Crippen LogP contribution in [-0.4, -0.2) is 116 Å². The number of benzene rings is 2. The molecule has 3 N–H and O–H groups in total. The van der Waals surface area contributed by atoms with E-state index in [4.69, 9.17) is 9.72 Å². The van der Waals surface area contributed by atoms with Crippen molar-refractivity contribution >= 4 is 34.9 Å². The molecule has 308 valence electrons. The highest BCUT2D eigenvalue weighted by Crippen LogP contribution is 2.46. The third kappa shape index (κ3) is 6.91. The van der Waals surface area contributed by atoms with Gasteiger partial charge in [-0.15, -0.1) is 10.2 Å². The van der Waals surface area contributed by atoms with E-state index in [1.165, 1.54) is 18.2 Å². The van der Waals surface area contributed by atoms with E-state index in [0.717, 1.165) is 54.8 Å². The molecule has 9 rings (SSSR count). The summed E-state index contributed by atoms with van der Waals surface area (Å²) >= 11 is 0. The lowest BCUT2D eigenvalue weighted by atomic mass is 9.93. The van der Waals surface area contributed by atoms with E-state index >= 15 is 8.78 Å². The Bertz CT molecular complexity index is 2340. The Morgan fingerprint density at radius 2 is 1.85 bits per heavy atom. The maximum absolute atomic E-state index is 15.0. The van der Waals surface area contributed by atoms with Gasteiger partial charge >= 0.3 is 6.01 Å². The third-order valence-corrected chi connectivity index (χ3v) is 12.1. The molecule has 2 aromatic heterocycles. The molecular formula is C41H43F3N10O5. The van der Waals surface area contributed by atoms with E-state index in [-0.39, 0.29) is 60.9 Å². The van der Waals surface area contributed by atoms with Gasteiger partial charge in [0.2, 0.25) is 11.8 Å². The fourth-order valence-electron chi connectivity index (χ4n) is 9.00. The maximum atomic E-state index is 15.0. The summed E-state index contributed by atoms with van der Waals surface area (Å²) in [5.74, 6) is -2.06. The normalized spacial score (nSPS) is 23.0. The number of imide groups is 1. The van der Waals surface area contributed by atoms with E-state index in [1.807, 2.05) is 32.0 Å². The molecule has 5 aliphatic rings. The summed E-state index contributed by atoms with van der Waals surface area (Å²) in [6.45, 7) is 7.92. The van der Waals surface area contributed by atoms with Crippen molar-refractivity contribution in [3.8, 4) is 23.0 Å². The van der Waals surface area contributed by atoms with Crippen molar-refractivity contribution in [3.63, 3.8) is 0 Å². The first-order valence-electron chi connectivity index (χ1n) is 19.8. The molecule has 0 radical (unpaired) electrons. The van der Waals surface area contributed by atoms with Gasteiger partial charge in [0, 0.05) is 87.2 Å². The van der Waals surface area contributed by atoms with Crippen LogP contribution < -0.4 is 25.2 Å². The van der Waals surface area contributed by atoms with Crippen molar-refractivity contribution < 1.29 is 37.4 Å². The number of para-hydroxylation sites is 1. The molecule has 0 saturated carbocycles. The number of phenols is 1. The number of hydrogen-bond acceptors (Lipinski definition) is 13. The summed E-state index contributed by atoms with van der Waals surface area (Å²) in [5.41, 5.74) is 3.07. The molecule has 4 aromatic rings. The molecule has 2 aromatic carbocycles. The number of hydrogen-bond donors (Lipinski definition) is 3. The van der Waals surface area contributed by atoms with Crippen LogP contribution >= 0.6 is 0 Å². The molecule has 3 atom stereocenters. The van der Waals surface area contributed by atoms with Crippen molar-refractivity contribution in [3.05, 3.63) is 76.9 Å². The third-order valence-electron chi connectivity index (χ3n) is 12.1. The Hall–Kier alpha value is -6.04. The number of halogens is 3. The minimum atomic E-state index is -2.76. The number of nitrogens with zero attached hydrogens (tertiary/aromatic N) is 8. The molecule has 0 spiro atoms. The van der Waals surface area contributed by atoms with Crippen LogP contribution in [0.15, 0.2) is 48.7 Å². The predicted molar refractivity (Wildman–Crippen MR) is 209 cm³/mol. The Morgan fingerprint density at radius 3 is 2.61 bits per heavy atom. The summed E-state index contributed by atoms with van der Waals surface area (Å²) in [7, 11) is 0. The number of carbonyl (C=O) groups is 3. The van der Waals surface area contributed by atoms with E-state index in [0.29, 0.717) is 36.6 Å². The van der Waals surface area contributed by atoms with Crippen LogP contribution in [0, 0.1) is 5.82 Å². The summed E-state index contributed by atoms with van der Waals surface area (Å²) in [6.07, 6.45) is -1.20. The number of aromatic hydroxyl groups is 1. The van der Waals surface area contributed by atoms with Gasteiger partial charge < -0.3 is 29.9 Å². The van der Waals surface area contributed by atoms with Crippen LogP contribution in [0.3, 0.4) is 0 Å². The molecule has 59 heavy (non-hydrogen) atoms. The number of amides is 3. The molecule has 5 aliphatic heterocycles. The smallest absolute Gasteiger partial charge is 0.316 e. The summed E-state index contributed by atoms with van der Waals surface area (Å²) in [4.78, 5) is 54.6. The zero-order valence-corrected chi connectivity index (χ0v) is 32.5. The van der Waals surface area contributed by atoms with Gasteiger partial charge in [-0.25, -0.2) is 18.2 Å². The Labute approximate surface area is 337 Å². The zero-order valence-electron chi connectivity index (χ0n) is 32.5. The molecule has 3 saturated heterocycles. The van der Waals surface area contributed by atoms with E-state index in [2.05, 4.69) is 35.6 Å². The minimum absolute atomic E-state index is 0.0231. The molecule has 7 heterocycles. The molecule has 1 unspecified atom stereocenters. The van der Waals surface area contributed by atoms with Crippen LogP contribution in [0.5, 0.6) is 11.8 Å². The molecule has 0 aliphatic carbocycles. The second-order valence-corrected chi connectivity index (χ2v) is 16.1. The average molecular weight is 813 g/mol. The number of aromatic nitrogens is 4. The largest absolute Gasteiger partial charge is 0.504 e. The van der Waals surface area contributed by atoms with Gasteiger partial charge in [0.05, 0.1) is 23.6 Å². The van der Waals surface area contributed by atoms with Gasteiger partial charge in [0.1, 0.15) is 17.7 Å². The molecule has 3 fully saturated rings. The number of rotatable bonds is 9. The van der Waals surface area contributed by atoms with E-state index < -0.39 is 41.6 Å². The van der Waals surface area contributed by atoms with Gasteiger partial charge in [-0.05, 0) is 48.2 Å². The number of carbonyl (C=O) groups excluding carboxylic acids is 3. The number of piperidine rings is 1. The fraction of sp³-hybridized carbons (Fsp3) is 0.439. The first-order chi connectivity index (χ1) is 28.4. The topological polar surface area (TPSA) is 169 Å². The van der Waals surface area contributed by atoms with Crippen molar-refractivity contribution in [2.75, 3.05) is 54.4 Å². The predicted octanol–water partition coefficient (Wildman–Crippen LogP) is 4.07. The van der Waals surface area contributed by atoms with E-state index in [9.17, 15) is 23.9 Å². The Balaban J connectivity index is 0.855. The van der Waals surface area contributed by atoms with Crippen LogP contribution in [0.4, 0.5) is 30.4 Å². The molecular weight excluding hydrogens is 770 g/mol. The van der Waals surface area contributed by atoms with Gasteiger partial charge in [-0.2, -0.15) is 4.98 Å². The Kier molecular flexibility index (Phi) is 9.76. The standard InChI is InChI=1S/C41H43F3N10O5/c1-22(2)34-24(18-51-10-12-52(13-11-51)25-7-6-23-19-53(38(58)28(23)14-25)31-8-9-33(55)47-37(31)57)17-45-40(48-34)59-26-16-41(39(43)44)21-46-36-32(54(41)20-26)15-30(49-50-36)27-4-3-5-29(42)35(27)56/h3-7,14-15,17,22,26,31,39,56H,8-13,16,18-21H2,1-2H3,(H,46,50)(H,47,55,57)/t26-,31?,41+/m1/s1. The minimum Gasteiger partial charge on any atom is -0.504 e. The monoisotopic (exact) mass is 812 g/mol. The fourth-order valence-corrected chi connectivity index (χ4v) is 9.00. The highest BCUT2D eigenvalue weighted by Gasteiger charge is 2.56. The van der Waals surface area contributed by atoms with Crippen LogP contribution in [0.2, 0.25) is 0 Å². The SMILES string of the molecule is CC(C)c1nc(O[C@H]2CN3c4cc(-c5cccc(F)c5O)nnc4NC[C@]3(C(F)F)C2)ncc1CN1CCN(c2ccc3c(c2)C(=O)N(C2CCC(=O)NC2=O)C3)CC1. The lowest BCUT2D eigenvalue weighted by Gasteiger charge is -2.43. The quantitative estimate of drug-likeness (QED) is 0.207. The number of alkyl halides is 2. The number of fused-ring (bicyclic) bond motifs is 4. The van der Waals surface area contributed by atoms with Gasteiger partial charge in [-0.1, -0.05) is 26.0 Å². The summed E-state index contributed by atoms with van der Waals surface area (Å²) in [5, 5.41) is 24.0. The number of nitrogens with one attached hydrogen (secondary N) is 2. The van der Waals surface area contributed by atoms with Crippen LogP contribution in [-0.2, 0) is 22.7 Å². The first kappa shape index (κ1) is 38.5. The lowest BCUT2D eigenvalue weighted by Crippen LogP contribution is -2.57. The second-order valence-electron chi connectivity index (χ2n) is 16.1. The van der Waals surface area contributed by atoms with Crippen molar-refractivity contribution in [1.82, 2.24) is 35.3 Å². The molecule has 3 amide bonds. The van der Waals surface area contributed by atoms with Crippen molar-refractivity contribution in [2.24, 2.45) is 0 Å². The Morgan fingerprint density at radius 1 is 1.03 bits per heavy atom. The van der Waals surface area contributed by atoms with E-state index in [1.54, 1.807) is 16.0 Å². The van der Waals surface area contributed by atoms with Crippen molar-refractivity contribution in [1.29, 1.82) is 0 Å². The number of ether oxygens (including phenoxy) is 1. The number of anilines is 3. The zero-order chi connectivity index (χ0) is 41.2. The summed E-state index contributed by atoms with van der Waals surface area (Å²) < 4.78 is 50.5.